The van der Waals surface area contributed by atoms with Gasteiger partial charge in [0.1, 0.15) is 0 Å². The lowest BCUT2D eigenvalue weighted by Gasteiger charge is -2.24. The monoisotopic (exact) mass is 304 g/mol. The second-order valence-electron chi connectivity index (χ2n) is 6.09. The summed E-state index contributed by atoms with van der Waals surface area (Å²) in [4.78, 5) is 26.4. The lowest BCUT2D eigenvalue weighted by atomic mass is 9.92. The van der Waals surface area contributed by atoms with Crippen LogP contribution >= 0.6 is 0 Å². The van der Waals surface area contributed by atoms with Gasteiger partial charge in [-0.3, -0.25) is 9.59 Å². The first-order valence-corrected chi connectivity index (χ1v) is 8.13. The van der Waals surface area contributed by atoms with Gasteiger partial charge < -0.3 is 10.6 Å². The van der Waals surface area contributed by atoms with E-state index in [1.54, 1.807) is 12.1 Å². The molecule has 0 aromatic heterocycles. The van der Waals surface area contributed by atoms with E-state index >= 15 is 0 Å². The molecule has 0 radical (unpaired) electrons. The van der Waals surface area contributed by atoms with E-state index in [2.05, 4.69) is 27.7 Å². The molecule has 0 aliphatic heterocycles. The van der Waals surface area contributed by atoms with E-state index in [0.29, 0.717) is 23.5 Å². The maximum absolute atomic E-state index is 12.9. The van der Waals surface area contributed by atoms with Crippen LogP contribution in [0.4, 0.5) is 0 Å². The molecule has 4 heteroatoms. The van der Waals surface area contributed by atoms with Crippen LogP contribution in [0, 0.1) is 5.92 Å². The quantitative estimate of drug-likeness (QED) is 0.801. The molecule has 22 heavy (non-hydrogen) atoms. The number of primary amides is 1. The average molecular weight is 304 g/mol. The Kier molecular flexibility index (Phi) is 7.09. The van der Waals surface area contributed by atoms with Crippen LogP contribution in [0.3, 0.4) is 0 Å². The maximum Gasteiger partial charge on any atom is 0.254 e. The van der Waals surface area contributed by atoms with Crippen molar-refractivity contribution in [2.24, 2.45) is 11.7 Å². The molecule has 4 nitrogen and oxygen atoms in total. The van der Waals surface area contributed by atoms with Gasteiger partial charge >= 0.3 is 0 Å². The summed E-state index contributed by atoms with van der Waals surface area (Å²) in [6.45, 7) is 9.72. The zero-order valence-corrected chi connectivity index (χ0v) is 14.2. The Hall–Kier alpha value is -1.84. The number of benzene rings is 1. The van der Waals surface area contributed by atoms with Gasteiger partial charge in [-0.1, -0.05) is 33.8 Å². The summed E-state index contributed by atoms with van der Waals surface area (Å²) >= 11 is 0. The molecule has 0 spiro atoms. The molecular formula is C18H28N2O2. The van der Waals surface area contributed by atoms with Crippen molar-refractivity contribution < 1.29 is 9.59 Å². The van der Waals surface area contributed by atoms with Crippen LogP contribution in [0.15, 0.2) is 18.2 Å². The fourth-order valence-electron chi connectivity index (χ4n) is 2.67. The summed E-state index contributed by atoms with van der Waals surface area (Å²) < 4.78 is 0. The number of rotatable bonds is 8. The lowest BCUT2D eigenvalue weighted by Crippen LogP contribution is -2.33. The van der Waals surface area contributed by atoms with Gasteiger partial charge in [0.25, 0.3) is 5.91 Å². The predicted molar refractivity (Wildman–Crippen MR) is 90.0 cm³/mol. The van der Waals surface area contributed by atoms with E-state index in [1.165, 1.54) is 0 Å². The van der Waals surface area contributed by atoms with Gasteiger partial charge in [-0.25, -0.2) is 0 Å². The van der Waals surface area contributed by atoms with Crippen molar-refractivity contribution in [1.29, 1.82) is 0 Å². The minimum absolute atomic E-state index is 0.00227. The standard InChI is InChI=1S/C18H28N2O2/c1-5-10-20(11-6-2)18(22)15-9-7-8-14(17(19)21)16(15)12-13(3)4/h7-9,13H,5-6,10-12H2,1-4H3,(H2,19,21). The fraction of sp³-hybridized carbons (Fsp3) is 0.556. The number of nitrogens with two attached hydrogens (primary N) is 1. The van der Waals surface area contributed by atoms with Gasteiger partial charge in [0, 0.05) is 24.2 Å². The molecular weight excluding hydrogens is 276 g/mol. The van der Waals surface area contributed by atoms with Gasteiger partial charge in [0.05, 0.1) is 0 Å². The lowest BCUT2D eigenvalue weighted by molar-refractivity contribution is 0.0754. The number of hydrogen-bond donors (Lipinski definition) is 1. The van der Waals surface area contributed by atoms with E-state index in [4.69, 9.17) is 5.73 Å². The summed E-state index contributed by atoms with van der Waals surface area (Å²) in [5, 5.41) is 0. The molecule has 0 heterocycles. The van der Waals surface area contributed by atoms with Gasteiger partial charge in [0.15, 0.2) is 0 Å². The first kappa shape index (κ1) is 18.2. The van der Waals surface area contributed by atoms with Crippen LogP contribution in [-0.2, 0) is 6.42 Å². The third-order valence-corrected chi connectivity index (χ3v) is 3.56. The van der Waals surface area contributed by atoms with E-state index < -0.39 is 5.91 Å². The molecule has 0 aliphatic rings. The van der Waals surface area contributed by atoms with E-state index in [1.807, 2.05) is 11.0 Å². The molecule has 1 rings (SSSR count). The number of amides is 2. The number of carbonyl (C=O) groups is 2. The molecule has 0 aliphatic carbocycles. The highest BCUT2D eigenvalue weighted by Gasteiger charge is 2.21. The van der Waals surface area contributed by atoms with Crippen molar-refractivity contribution in [3.8, 4) is 0 Å². The number of nitrogens with zero attached hydrogens (tertiary/aromatic N) is 1. The predicted octanol–water partition coefficient (Wildman–Crippen LogP) is 3.25. The molecule has 0 atom stereocenters. The molecule has 1 aromatic carbocycles. The van der Waals surface area contributed by atoms with Crippen molar-refractivity contribution in [2.75, 3.05) is 13.1 Å². The van der Waals surface area contributed by atoms with Crippen molar-refractivity contribution in [3.63, 3.8) is 0 Å². The highest BCUT2D eigenvalue weighted by molar-refractivity contribution is 6.01. The Morgan fingerprint density at radius 2 is 1.64 bits per heavy atom. The molecule has 122 valence electrons. The van der Waals surface area contributed by atoms with Gasteiger partial charge in [0.2, 0.25) is 5.91 Å². The minimum atomic E-state index is -0.470. The van der Waals surface area contributed by atoms with Gasteiger partial charge in [-0.15, -0.1) is 0 Å². The Balaban J connectivity index is 3.28. The summed E-state index contributed by atoms with van der Waals surface area (Å²) in [5.74, 6) is -0.122. The topological polar surface area (TPSA) is 63.4 Å². The maximum atomic E-state index is 12.9. The first-order valence-electron chi connectivity index (χ1n) is 8.13. The zero-order valence-electron chi connectivity index (χ0n) is 14.2. The third-order valence-electron chi connectivity index (χ3n) is 3.56. The summed E-state index contributed by atoms with van der Waals surface area (Å²) in [5.41, 5.74) is 7.36. The molecule has 0 saturated carbocycles. The van der Waals surface area contributed by atoms with Crippen LogP contribution in [0.1, 0.15) is 66.8 Å². The normalized spacial score (nSPS) is 10.8. The van der Waals surface area contributed by atoms with Gasteiger partial charge in [-0.2, -0.15) is 0 Å². The molecule has 2 N–H and O–H groups in total. The Bertz CT molecular complexity index is 518. The number of carbonyl (C=O) groups excluding carboxylic acids is 2. The van der Waals surface area contributed by atoms with Crippen molar-refractivity contribution in [1.82, 2.24) is 4.90 Å². The van der Waals surface area contributed by atoms with E-state index in [0.717, 1.165) is 31.5 Å². The molecule has 0 saturated heterocycles. The summed E-state index contributed by atoms with van der Waals surface area (Å²) in [6.07, 6.45) is 2.51. The highest BCUT2D eigenvalue weighted by atomic mass is 16.2. The van der Waals surface area contributed by atoms with E-state index in [9.17, 15) is 9.59 Å². The smallest absolute Gasteiger partial charge is 0.254 e. The van der Waals surface area contributed by atoms with Crippen LogP contribution in [0.5, 0.6) is 0 Å². The van der Waals surface area contributed by atoms with Gasteiger partial charge in [-0.05, 0) is 42.9 Å². The Morgan fingerprint density at radius 1 is 1.09 bits per heavy atom. The van der Waals surface area contributed by atoms with Crippen LogP contribution in [0.2, 0.25) is 0 Å². The minimum Gasteiger partial charge on any atom is -0.366 e. The highest BCUT2D eigenvalue weighted by Crippen LogP contribution is 2.21. The van der Waals surface area contributed by atoms with Crippen molar-refractivity contribution >= 4 is 11.8 Å². The molecule has 0 unspecified atom stereocenters. The Labute approximate surface area is 133 Å². The summed E-state index contributed by atoms with van der Waals surface area (Å²) in [6, 6.07) is 5.26. The first-order chi connectivity index (χ1) is 10.4. The second kappa shape index (κ2) is 8.57. The largest absolute Gasteiger partial charge is 0.366 e. The van der Waals surface area contributed by atoms with Crippen LogP contribution in [-0.4, -0.2) is 29.8 Å². The van der Waals surface area contributed by atoms with Crippen molar-refractivity contribution in [3.05, 3.63) is 34.9 Å². The number of hydrogen-bond acceptors (Lipinski definition) is 2. The average Bonchev–Trinajstić information content (AvgIpc) is 2.45. The molecule has 1 aromatic rings. The van der Waals surface area contributed by atoms with Crippen molar-refractivity contribution in [2.45, 2.75) is 47.0 Å². The van der Waals surface area contributed by atoms with E-state index in [-0.39, 0.29) is 5.91 Å². The fourth-order valence-corrected chi connectivity index (χ4v) is 2.67. The second-order valence-corrected chi connectivity index (χ2v) is 6.09. The van der Waals surface area contributed by atoms with Crippen LogP contribution in [0.25, 0.3) is 0 Å². The molecule has 0 bridgehead atoms. The molecule has 2 amide bonds. The molecule has 0 fully saturated rings. The Morgan fingerprint density at radius 3 is 2.09 bits per heavy atom. The third kappa shape index (κ3) is 4.58. The van der Waals surface area contributed by atoms with Crippen LogP contribution < -0.4 is 5.73 Å². The zero-order chi connectivity index (χ0) is 16.7. The SMILES string of the molecule is CCCN(CCC)C(=O)c1cccc(C(N)=O)c1CC(C)C. The summed E-state index contributed by atoms with van der Waals surface area (Å²) in [7, 11) is 0.